The van der Waals surface area contributed by atoms with Crippen LogP contribution in [0.2, 0.25) is 0 Å². The normalized spacial score (nSPS) is 17.2. The van der Waals surface area contributed by atoms with Crippen LogP contribution in [0.15, 0.2) is 146 Å². The topological polar surface area (TPSA) is 122 Å². The molecular weight excluding hydrogens is 755 g/mol. The number of halogens is 1. The Kier molecular flexibility index (Phi) is 17.8. The van der Waals surface area contributed by atoms with E-state index in [0.717, 1.165) is 6.42 Å². The number of carbonyl (C=O) groups is 1. The van der Waals surface area contributed by atoms with Crippen molar-refractivity contribution in [1.82, 2.24) is 4.67 Å². The van der Waals surface area contributed by atoms with Gasteiger partial charge in [-0.15, -0.1) is 10.2 Å². The molecule has 1 saturated heterocycles. The molecule has 2 aliphatic rings. The van der Waals surface area contributed by atoms with Crippen LogP contribution in [0.4, 0.5) is 0 Å². The number of benzene rings is 4. The first-order valence-corrected chi connectivity index (χ1v) is 19.3. The van der Waals surface area contributed by atoms with E-state index in [4.69, 9.17) is 23.2 Å². The Hall–Kier alpha value is -2.60. The Balaban J connectivity index is 0.000000376. The van der Waals surface area contributed by atoms with Gasteiger partial charge in [0.15, 0.2) is 0 Å². The molecule has 1 amide bonds. The molecule has 1 aliphatic carbocycles. The third kappa shape index (κ3) is 13.7. The van der Waals surface area contributed by atoms with Gasteiger partial charge in [0.2, 0.25) is 5.91 Å². The van der Waals surface area contributed by atoms with Gasteiger partial charge >= 0.3 is 0 Å². The van der Waals surface area contributed by atoms with Gasteiger partial charge in [-0.25, -0.2) is 18.6 Å². The molecule has 255 valence electrons. The van der Waals surface area contributed by atoms with Crippen LogP contribution in [0.1, 0.15) is 38.5 Å². The fourth-order valence-electron chi connectivity index (χ4n) is 5.14. The van der Waals surface area contributed by atoms with Crippen molar-refractivity contribution in [2.75, 3.05) is 6.61 Å². The maximum Gasteiger partial charge on any atom is 0.226 e. The van der Waals surface area contributed by atoms with E-state index >= 15 is 0 Å². The van der Waals surface area contributed by atoms with Crippen LogP contribution in [0.25, 0.3) is 0 Å². The second-order valence-electron chi connectivity index (χ2n) is 10.7. The summed E-state index contributed by atoms with van der Waals surface area (Å²) in [6, 6.07) is 41.8. The minimum Gasteiger partial charge on any atom is -0.347 e. The predicted octanol–water partition coefficient (Wildman–Crippen LogP) is 3.00. The molecule has 0 N–H and O–H groups in total. The van der Waals surface area contributed by atoms with E-state index in [1.165, 1.54) is 46.9 Å². The monoisotopic (exact) mass is 793 g/mol. The van der Waals surface area contributed by atoms with E-state index in [9.17, 15) is 4.79 Å². The average molecular weight is 794 g/mol. The molecule has 1 atom stereocenters. The summed E-state index contributed by atoms with van der Waals surface area (Å²) in [6.45, 7) is 0.528. The maximum atomic E-state index is 13.2. The molecule has 0 spiro atoms. The molecule has 0 unspecified atom stereocenters. The molecule has 0 saturated carbocycles. The summed E-state index contributed by atoms with van der Waals surface area (Å²) in [5.41, 5.74) is 0. The van der Waals surface area contributed by atoms with Crippen molar-refractivity contribution < 1.29 is 57.7 Å². The Morgan fingerprint density at radius 2 is 0.938 bits per heavy atom. The van der Waals surface area contributed by atoms with E-state index in [2.05, 4.69) is 126 Å². The number of hydrogen-bond donors (Lipinski definition) is 0. The Morgan fingerprint density at radius 1 is 0.604 bits per heavy atom. The zero-order chi connectivity index (χ0) is 33.3. The summed E-state index contributed by atoms with van der Waals surface area (Å²) in [7, 11) is -6.86. The van der Waals surface area contributed by atoms with Gasteiger partial charge in [0.05, 0.1) is 28.9 Å². The Bertz CT molecular complexity index is 1420. The molecule has 1 radical (unpaired) electrons. The van der Waals surface area contributed by atoms with Crippen molar-refractivity contribution >= 4 is 43.3 Å². The third-order valence-corrected chi connectivity index (χ3v) is 11.7. The molecule has 0 aromatic heterocycles. The standard InChI is InChI=1S/C29H27NO2P2.C8H12.ClHO4.Rh/c31-29-22-21-24(23-32-34(27-17-9-3-10-18-27)28-19-11-4-12-20-28)30(29)33(25-13-5-1-6-14-25)26-15-7-2-8-16-26;1-2-4-6-8-7-5-3-1;2-1(3,4)5;/h1-20,24H,21-23H2;1-2,7-8H,3-6H2;(H,2,3,4,5);/p-1/b;2-1-,8-7-;;/t24-;;;/m0.../s1. The van der Waals surface area contributed by atoms with E-state index in [-0.39, 0.29) is 31.4 Å². The number of amides is 1. The first-order valence-electron chi connectivity index (χ1n) is 15.5. The Morgan fingerprint density at radius 3 is 1.29 bits per heavy atom. The van der Waals surface area contributed by atoms with Gasteiger partial charge in [0.25, 0.3) is 0 Å². The summed E-state index contributed by atoms with van der Waals surface area (Å²) in [5.74, 6) is 0.219. The van der Waals surface area contributed by atoms with E-state index in [1.54, 1.807) is 0 Å². The van der Waals surface area contributed by atoms with Crippen LogP contribution in [0.5, 0.6) is 0 Å². The third-order valence-electron chi connectivity index (χ3n) is 7.22. The summed E-state index contributed by atoms with van der Waals surface area (Å²) >= 11 is 0. The molecule has 1 aliphatic heterocycles. The van der Waals surface area contributed by atoms with Gasteiger partial charge in [-0.05, 0) is 32.1 Å². The van der Waals surface area contributed by atoms with E-state index in [1.807, 2.05) is 24.3 Å². The molecule has 1 fully saturated rings. The SMILES string of the molecule is C1=C\CC/C=C\CC/1.O=C1CC[C@@H](COP(c2ccccc2)c2ccccc2)N1P(c1ccccc1)c1ccccc1.[O-][Cl+3]([O-])([O-])[O-].[Rh]. The Labute approximate surface area is 301 Å². The molecule has 4 aromatic carbocycles. The molecule has 1 heterocycles. The number of rotatable bonds is 8. The zero-order valence-corrected chi connectivity index (χ0v) is 30.6. The second-order valence-corrected chi connectivity index (χ2v) is 15.4. The molecule has 11 heteroatoms. The fourth-order valence-corrected chi connectivity index (χ4v) is 9.48. The van der Waals surface area contributed by atoms with Crippen molar-refractivity contribution in [1.29, 1.82) is 0 Å². The van der Waals surface area contributed by atoms with Gasteiger partial charge in [0, 0.05) is 47.1 Å². The minimum atomic E-state index is -4.94. The molecule has 7 nitrogen and oxygen atoms in total. The molecule has 6 rings (SSSR count). The van der Waals surface area contributed by atoms with Crippen molar-refractivity contribution in [3.05, 3.63) is 146 Å². The molecular formula is C37H39ClNO6P2Rh-. The molecule has 0 bridgehead atoms. The van der Waals surface area contributed by atoms with Crippen molar-refractivity contribution in [3.8, 4) is 0 Å². The van der Waals surface area contributed by atoms with Crippen LogP contribution < -0.4 is 39.9 Å². The quantitative estimate of drug-likeness (QED) is 0.154. The fraction of sp³-hybridized carbons (Fsp3) is 0.216. The van der Waals surface area contributed by atoms with Crippen LogP contribution >= 0.6 is 16.2 Å². The first-order chi connectivity index (χ1) is 22.8. The van der Waals surface area contributed by atoms with Crippen LogP contribution in [-0.4, -0.2) is 23.2 Å². The van der Waals surface area contributed by atoms with Gasteiger partial charge < -0.3 is 9.19 Å². The molecule has 4 aromatic rings. The number of carbonyl (C=O) groups excluding carboxylic acids is 1. The number of nitrogens with zero attached hydrogens (tertiary/aromatic N) is 1. The van der Waals surface area contributed by atoms with Crippen molar-refractivity contribution in [2.45, 2.75) is 44.6 Å². The zero-order valence-electron chi connectivity index (χ0n) is 26.4. The van der Waals surface area contributed by atoms with E-state index < -0.39 is 26.5 Å². The van der Waals surface area contributed by atoms with Gasteiger partial charge in [-0.2, -0.15) is 0 Å². The number of allylic oxidation sites excluding steroid dienone is 4. The average Bonchev–Trinajstić information content (AvgIpc) is 3.42. The van der Waals surface area contributed by atoms with Crippen LogP contribution in [0, 0.1) is 10.2 Å². The van der Waals surface area contributed by atoms with Crippen LogP contribution in [0.3, 0.4) is 0 Å². The van der Waals surface area contributed by atoms with Gasteiger partial charge in [-0.1, -0.05) is 146 Å². The van der Waals surface area contributed by atoms with Crippen molar-refractivity contribution in [2.24, 2.45) is 0 Å². The van der Waals surface area contributed by atoms with Gasteiger partial charge in [-0.3, -0.25) is 4.79 Å². The second kappa shape index (κ2) is 21.5. The summed E-state index contributed by atoms with van der Waals surface area (Å²) in [4.78, 5) is 13.2. The van der Waals surface area contributed by atoms with Crippen LogP contribution in [-0.2, 0) is 28.8 Å². The largest absolute Gasteiger partial charge is 0.347 e. The smallest absolute Gasteiger partial charge is 0.226 e. The molecule has 48 heavy (non-hydrogen) atoms. The summed E-state index contributed by atoms with van der Waals surface area (Å²) in [6.07, 6.45) is 15.4. The summed E-state index contributed by atoms with van der Waals surface area (Å²) in [5, 5.41) is 4.76. The summed E-state index contributed by atoms with van der Waals surface area (Å²) < 4.78 is 42.8. The van der Waals surface area contributed by atoms with Crippen molar-refractivity contribution in [3.63, 3.8) is 0 Å². The maximum absolute atomic E-state index is 13.2. The predicted molar refractivity (Wildman–Crippen MR) is 181 cm³/mol. The number of hydrogen-bond acceptors (Lipinski definition) is 6. The minimum absolute atomic E-state index is 0. The van der Waals surface area contributed by atoms with Gasteiger partial charge in [0.1, 0.15) is 0 Å². The van der Waals surface area contributed by atoms with E-state index in [0.29, 0.717) is 13.0 Å². The first kappa shape index (κ1) is 39.8.